The second-order valence-corrected chi connectivity index (χ2v) is 8.94. The number of aromatic nitrogens is 2. The zero-order valence-corrected chi connectivity index (χ0v) is 21.9. The molecule has 0 bridgehead atoms. The molecule has 0 fully saturated rings. The summed E-state index contributed by atoms with van der Waals surface area (Å²) in [5.74, 6) is 0. The van der Waals surface area contributed by atoms with Crippen molar-refractivity contribution in [1.82, 2.24) is 9.97 Å². The summed E-state index contributed by atoms with van der Waals surface area (Å²) in [5.41, 5.74) is 7.19. The Bertz CT molecular complexity index is 1280. The molecular weight excluding hydrogens is 511 g/mol. The molecule has 0 radical (unpaired) electrons. The Morgan fingerprint density at radius 2 is 0.579 bits per heavy atom. The van der Waals surface area contributed by atoms with Crippen molar-refractivity contribution in [3.63, 3.8) is 0 Å². The average Bonchev–Trinajstić information content (AvgIpc) is 3.01. The van der Waals surface area contributed by atoms with Crippen LogP contribution in [0.5, 0.6) is 0 Å². The van der Waals surface area contributed by atoms with Crippen LogP contribution in [0, 0.1) is 0 Å². The van der Waals surface area contributed by atoms with Gasteiger partial charge in [-0.25, -0.2) is 0 Å². The molecule has 0 atom stereocenters. The minimum Gasteiger partial charge on any atom is -0.255 e. The maximum Gasteiger partial charge on any atom is 1.00 e. The molecule has 6 rings (SSSR count). The molecule has 188 valence electrons. The molecule has 0 spiro atoms. The molecule has 38 heavy (non-hydrogen) atoms. The van der Waals surface area contributed by atoms with Crippen molar-refractivity contribution >= 4 is 28.0 Å². The summed E-state index contributed by atoms with van der Waals surface area (Å²) >= 11 is 0. The summed E-state index contributed by atoms with van der Waals surface area (Å²) in [5, 5.41) is 0. The predicted molar refractivity (Wildman–Crippen MR) is 158 cm³/mol. The maximum atomic E-state index is 4.19. The van der Waals surface area contributed by atoms with Crippen LogP contribution in [-0.2, 0) is 17.1 Å². The third-order valence-electron chi connectivity index (χ3n) is 6.79. The quantitative estimate of drug-likeness (QED) is 0.282. The first-order valence-corrected chi connectivity index (χ1v) is 12.6. The molecule has 4 heteroatoms. The van der Waals surface area contributed by atoms with E-state index in [4.69, 9.17) is 0 Å². The van der Waals surface area contributed by atoms with Gasteiger partial charge in [0.2, 0.25) is 0 Å². The Morgan fingerprint density at radius 1 is 0.316 bits per heavy atom. The number of rotatable bonds is 5. The Hall–Kier alpha value is -4.24. The number of nitrogens with zero attached hydrogens (tertiary/aromatic N) is 2. The molecule has 2 aromatic heterocycles. The molecule has 0 aliphatic carbocycles. The van der Waals surface area contributed by atoms with Crippen molar-refractivity contribution in [2.24, 2.45) is 0 Å². The summed E-state index contributed by atoms with van der Waals surface area (Å²) in [6.45, 7) is 0. The molecule has 0 aliphatic heterocycles. The molecule has 2 nitrogen and oxygen atoms in total. The predicted octanol–water partition coefficient (Wildman–Crippen LogP) is 5.21. The van der Waals surface area contributed by atoms with E-state index in [1.807, 2.05) is 36.4 Å². The fraction of sp³-hybridized carbons (Fsp3) is 0. The van der Waals surface area contributed by atoms with Crippen LogP contribution in [0.3, 0.4) is 0 Å². The molecular formula is C34H28BCuN2. The number of hydrogen-bond donors (Lipinski definition) is 0. The maximum absolute atomic E-state index is 4.19. The molecule has 0 amide bonds. The van der Waals surface area contributed by atoms with Gasteiger partial charge in [0.25, 0.3) is 0 Å². The normalized spacial score (nSPS) is 10.4. The molecule has 0 saturated carbocycles. The van der Waals surface area contributed by atoms with Gasteiger partial charge in [0.05, 0.1) is 11.4 Å². The van der Waals surface area contributed by atoms with E-state index in [1.165, 1.54) is 21.9 Å². The van der Waals surface area contributed by atoms with Crippen LogP contribution in [-0.4, -0.2) is 16.1 Å². The number of pyridine rings is 2. The van der Waals surface area contributed by atoms with E-state index in [-0.39, 0.29) is 17.1 Å². The van der Waals surface area contributed by atoms with E-state index in [2.05, 4.69) is 131 Å². The van der Waals surface area contributed by atoms with E-state index < -0.39 is 6.15 Å². The minimum absolute atomic E-state index is 0. The second kappa shape index (κ2) is 13.3. The summed E-state index contributed by atoms with van der Waals surface area (Å²) in [7, 11) is 0. The summed E-state index contributed by atoms with van der Waals surface area (Å²) in [6.07, 6.45) is 2.32. The van der Waals surface area contributed by atoms with E-state index >= 15 is 0 Å². The Labute approximate surface area is 235 Å². The first kappa shape index (κ1) is 26.8. The van der Waals surface area contributed by atoms with Gasteiger partial charge in [-0.05, 0) is 24.3 Å². The van der Waals surface area contributed by atoms with Crippen molar-refractivity contribution in [3.05, 3.63) is 170 Å². The average molecular weight is 539 g/mol. The SMILES string of the molecule is [Cu+].c1ccc(-c2ccccn2)nc1.c1ccc([B-](c2ccccc2)(c2ccccc2)c2ccccc2)cc1. The first-order chi connectivity index (χ1) is 18.4. The van der Waals surface area contributed by atoms with E-state index in [0.29, 0.717) is 0 Å². The van der Waals surface area contributed by atoms with Gasteiger partial charge >= 0.3 is 17.1 Å². The van der Waals surface area contributed by atoms with Crippen LogP contribution in [0.25, 0.3) is 11.4 Å². The van der Waals surface area contributed by atoms with Gasteiger partial charge in [-0.1, -0.05) is 133 Å². The van der Waals surface area contributed by atoms with Gasteiger partial charge in [0.15, 0.2) is 0 Å². The summed E-state index contributed by atoms with van der Waals surface area (Å²) < 4.78 is 0. The number of benzene rings is 4. The standard InChI is InChI=1S/C24H20B.C10H8N2.Cu/c1-5-13-21(14-6-1)25(22-15-7-2-8-16-22,23-17-9-3-10-18-23)24-19-11-4-12-20-24;1-3-7-11-9(5-1)10-6-2-4-8-12-10;/h1-20H;1-8H;/q-1;;+1. The van der Waals surface area contributed by atoms with Crippen LogP contribution in [0.1, 0.15) is 0 Å². The summed E-state index contributed by atoms with van der Waals surface area (Å²) in [4.78, 5) is 8.37. The van der Waals surface area contributed by atoms with Crippen molar-refractivity contribution in [1.29, 1.82) is 0 Å². The zero-order chi connectivity index (χ0) is 25.2. The van der Waals surface area contributed by atoms with Gasteiger partial charge < -0.3 is 0 Å². The van der Waals surface area contributed by atoms with Gasteiger partial charge in [-0.3, -0.25) is 9.97 Å². The molecule has 0 aliphatic rings. The van der Waals surface area contributed by atoms with Gasteiger partial charge in [-0.2, -0.15) is 21.9 Å². The zero-order valence-electron chi connectivity index (χ0n) is 20.9. The van der Waals surface area contributed by atoms with Gasteiger partial charge in [0, 0.05) is 12.4 Å². The van der Waals surface area contributed by atoms with Crippen molar-refractivity contribution < 1.29 is 17.1 Å². The Balaban J connectivity index is 0.000000218. The fourth-order valence-corrected chi connectivity index (χ4v) is 5.15. The second-order valence-electron chi connectivity index (χ2n) is 8.94. The Kier molecular flexibility index (Phi) is 9.42. The monoisotopic (exact) mass is 538 g/mol. The third-order valence-corrected chi connectivity index (χ3v) is 6.79. The fourth-order valence-electron chi connectivity index (χ4n) is 5.15. The van der Waals surface area contributed by atoms with Crippen LogP contribution in [0.2, 0.25) is 0 Å². The van der Waals surface area contributed by atoms with E-state index in [1.54, 1.807) is 12.4 Å². The molecule has 0 saturated heterocycles. The van der Waals surface area contributed by atoms with Crippen LogP contribution in [0.15, 0.2) is 170 Å². The molecule has 4 aromatic carbocycles. The third kappa shape index (κ3) is 5.84. The first-order valence-electron chi connectivity index (χ1n) is 12.6. The molecule has 0 unspecified atom stereocenters. The molecule has 2 heterocycles. The van der Waals surface area contributed by atoms with Crippen LogP contribution in [0.4, 0.5) is 0 Å². The van der Waals surface area contributed by atoms with Crippen molar-refractivity contribution in [3.8, 4) is 11.4 Å². The number of hydrogen-bond acceptors (Lipinski definition) is 2. The molecule has 6 aromatic rings. The van der Waals surface area contributed by atoms with Gasteiger partial charge in [-0.15, -0.1) is 0 Å². The van der Waals surface area contributed by atoms with Gasteiger partial charge in [0.1, 0.15) is 6.15 Å². The molecule has 0 N–H and O–H groups in total. The van der Waals surface area contributed by atoms with Crippen molar-refractivity contribution in [2.45, 2.75) is 0 Å². The van der Waals surface area contributed by atoms with E-state index in [0.717, 1.165) is 11.4 Å². The van der Waals surface area contributed by atoms with E-state index in [9.17, 15) is 0 Å². The summed E-state index contributed by atoms with van der Waals surface area (Å²) in [6, 6.07) is 55.1. The smallest absolute Gasteiger partial charge is 0.255 e. The van der Waals surface area contributed by atoms with Crippen LogP contribution >= 0.6 is 0 Å². The van der Waals surface area contributed by atoms with Crippen LogP contribution < -0.4 is 21.9 Å². The topological polar surface area (TPSA) is 25.8 Å². The largest absolute Gasteiger partial charge is 1.00 e. The van der Waals surface area contributed by atoms with Crippen molar-refractivity contribution in [2.75, 3.05) is 0 Å². The Morgan fingerprint density at radius 3 is 0.816 bits per heavy atom. The minimum atomic E-state index is -1.22.